The molecule has 1 N–H and O–H groups in total. The molecule has 27 heavy (non-hydrogen) atoms. The number of fused-ring (bicyclic) bond motifs is 2. The second kappa shape index (κ2) is 7.02. The molecule has 2 heterocycles. The maximum absolute atomic E-state index is 13.1. The lowest BCUT2D eigenvalue weighted by atomic mass is 10.0. The summed E-state index contributed by atoms with van der Waals surface area (Å²) in [6, 6.07) is 7.92. The van der Waals surface area contributed by atoms with Crippen LogP contribution < -0.4 is 10.1 Å². The van der Waals surface area contributed by atoms with Gasteiger partial charge in [0.15, 0.2) is 5.65 Å². The molecule has 2 aromatic heterocycles. The molecule has 0 fully saturated rings. The van der Waals surface area contributed by atoms with Crippen molar-refractivity contribution in [2.45, 2.75) is 45.7 Å². The number of pyridine rings is 1. The van der Waals surface area contributed by atoms with Crippen molar-refractivity contribution in [1.29, 1.82) is 0 Å². The number of aromatic nitrogens is 3. The number of carbonyl (C=O) groups excluding carboxylic acids is 1. The van der Waals surface area contributed by atoms with Gasteiger partial charge in [0, 0.05) is 18.3 Å². The molecule has 0 aliphatic heterocycles. The van der Waals surface area contributed by atoms with Crippen LogP contribution in [-0.2, 0) is 19.4 Å². The SMILES string of the molecule is COc1ccc(CNC(=O)c2c3c(nc4c2cnn4C(C)C)CCC3)cc1. The second-order valence-corrected chi connectivity index (χ2v) is 7.22. The number of hydrogen-bond donors (Lipinski definition) is 1. The normalized spacial score (nSPS) is 13.2. The van der Waals surface area contributed by atoms with Gasteiger partial charge in [-0.15, -0.1) is 0 Å². The minimum atomic E-state index is -0.0559. The van der Waals surface area contributed by atoms with Crippen molar-refractivity contribution in [3.05, 3.63) is 52.8 Å². The average molecular weight is 364 g/mol. The largest absolute Gasteiger partial charge is 0.497 e. The molecule has 3 aromatic rings. The predicted molar refractivity (Wildman–Crippen MR) is 104 cm³/mol. The predicted octanol–water partition coefficient (Wildman–Crippen LogP) is 3.44. The van der Waals surface area contributed by atoms with Crippen molar-refractivity contribution in [1.82, 2.24) is 20.1 Å². The summed E-state index contributed by atoms with van der Waals surface area (Å²) in [4.78, 5) is 17.9. The lowest BCUT2D eigenvalue weighted by Crippen LogP contribution is -2.24. The van der Waals surface area contributed by atoms with E-state index in [9.17, 15) is 4.79 Å². The first-order valence-corrected chi connectivity index (χ1v) is 9.38. The lowest BCUT2D eigenvalue weighted by Gasteiger charge is -2.13. The van der Waals surface area contributed by atoms with E-state index in [1.54, 1.807) is 13.3 Å². The van der Waals surface area contributed by atoms with Crippen LogP contribution in [0.15, 0.2) is 30.5 Å². The van der Waals surface area contributed by atoms with Gasteiger partial charge >= 0.3 is 0 Å². The van der Waals surface area contributed by atoms with Crippen LogP contribution in [0.4, 0.5) is 0 Å². The lowest BCUT2D eigenvalue weighted by molar-refractivity contribution is 0.0951. The molecule has 140 valence electrons. The zero-order valence-corrected chi connectivity index (χ0v) is 16.0. The van der Waals surface area contributed by atoms with E-state index in [4.69, 9.17) is 9.72 Å². The standard InChI is InChI=1S/C21H24N4O2/c1-13(2)25-20-17(12-23-25)19(16-5-4-6-18(16)24-20)21(26)22-11-14-7-9-15(27-3)10-8-14/h7-10,12-13H,4-6,11H2,1-3H3,(H,22,26). The van der Waals surface area contributed by atoms with Crippen LogP contribution in [0.3, 0.4) is 0 Å². The zero-order chi connectivity index (χ0) is 19.0. The summed E-state index contributed by atoms with van der Waals surface area (Å²) in [6.07, 6.45) is 4.65. The van der Waals surface area contributed by atoms with Crippen LogP contribution in [0.5, 0.6) is 5.75 Å². The molecule has 0 unspecified atom stereocenters. The highest BCUT2D eigenvalue weighted by Gasteiger charge is 2.26. The summed E-state index contributed by atoms with van der Waals surface area (Å²) in [5.41, 5.74) is 4.70. The number of carbonyl (C=O) groups is 1. The van der Waals surface area contributed by atoms with Crippen LogP contribution in [0.25, 0.3) is 11.0 Å². The van der Waals surface area contributed by atoms with Gasteiger partial charge < -0.3 is 10.1 Å². The van der Waals surface area contributed by atoms with Gasteiger partial charge in [0.1, 0.15) is 5.75 Å². The Bertz CT molecular complexity index is 990. The molecule has 1 aliphatic rings. The minimum absolute atomic E-state index is 0.0559. The molecule has 0 bridgehead atoms. The highest BCUT2D eigenvalue weighted by molar-refractivity contribution is 6.07. The maximum atomic E-state index is 13.1. The van der Waals surface area contributed by atoms with E-state index < -0.39 is 0 Å². The summed E-state index contributed by atoms with van der Waals surface area (Å²) in [5, 5.41) is 8.39. The molecule has 0 saturated carbocycles. The van der Waals surface area contributed by atoms with Crippen LogP contribution in [0.2, 0.25) is 0 Å². The Labute approximate surface area is 158 Å². The third-order valence-corrected chi connectivity index (χ3v) is 5.10. The highest BCUT2D eigenvalue weighted by atomic mass is 16.5. The van der Waals surface area contributed by atoms with E-state index in [-0.39, 0.29) is 11.9 Å². The Morgan fingerprint density at radius 3 is 2.74 bits per heavy atom. The van der Waals surface area contributed by atoms with Crippen LogP contribution in [0.1, 0.15) is 53.5 Å². The van der Waals surface area contributed by atoms with Gasteiger partial charge in [0.05, 0.1) is 24.3 Å². The van der Waals surface area contributed by atoms with Crippen molar-refractivity contribution in [3.63, 3.8) is 0 Å². The molecule has 0 spiro atoms. The van der Waals surface area contributed by atoms with E-state index in [1.165, 1.54) is 0 Å². The third kappa shape index (κ3) is 3.16. The molecule has 1 amide bonds. The molecule has 4 rings (SSSR count). The fourth-order valence-electron chi connectivity index (χ4n) is 3.71. The number of ether oxygens (including phenoxy) is 1. The first-order valence-electron chi connectivity index (χ1n) is 9.38. The van der Waals surface area contributed by atoms with Gasteiger partial charge in [0.2, 0.25) is 0 Å². The molecular formula is C21H24N4O2. The molecule has 6 heteroatoms. The smallest absolute Gasteiger partial charge is 0.252 e. The fourth-order valence-corrected chi connectivity index (χ4v) is 3.71. The Kier molecular flexibility index (Phi) is 4.56. The zero-order valence-electron chi connectivity index (χ0n) is 16.0. The van der Waals surface area contributed by atoms with E-state index in [0.717, 1.165) is 58.4 Å². The van der Waals surface area contributed by atoms with Crippen molar-refractivity contribution >= 4 is 16.9 Å². The Balaban J connectivity index is 1.66. The molecule has 0 saturated heterocycles. The number of benzene rings is 1. The Hall–Kier alpha value is -2.89. The van der Waals surface area contributed by atoms with Gasteiger partial charge in [-0.05, 0) is 56.4 Å². The first kappa shape index (κ1) is 17.5. The Morgan fingerprint density at radius 2 is 2.04 bits per heavy atom. The monoisotopic (exact) mass is 364 g/mol. The van der Waals surface area contributed by atoms with Gasteiger partial charge in [-0.25, -0.2) is 9.67 Å². The summed E-state index contributed by atoms with van der Waals surface area (Å²) in [7, 11) is 1.64. The third-order valence-electron chi connectivity index (χ3n) is 5.10. The van der Waals surface area contributed by atoms with Gasteiger partial charge in [-0.1, -0.05) is 12.1 Å². The summed E-state index contributed by atoms with van der Waals surface area (Å²) < 4.78 is 7.08. The fraction of sp³-hybridized carbons (Fsp3) is 0.381. The topological polar surface area (TPSA) is 69.0 Å². The summed E-state index contributed by atoms with van der Waals surface area (Å²) in [5.74, 6) is 0.750. The number of rotatable bonds is 5. The minimum Gasteiger partial charge on any atom is -0.497 e. The van der Waals surface area contributed by atoms with Crippen molar-refractivity contribution in [2.24, 2.45) is 0 Å². The molecule has 1 aromatic carbocycles. The van der Waals surface area contributed by atoms with Gasteiger partial charge in [0.25, 0.3) is 5.91 Å². The second-order valence-electron chi connectivity index (χ2n) is 7.22. The van der Waals surface area contributed by atoms with Crippen LogP contribution in [0, 0.1) is 0 Å². The van der Waals surface area contributed by atoms with Crippen LogP contribution in [-0.4, -0.2) is 27.8 Å². The van der Waals surface area contributed by atoms with Gasteiger partial charge in [-0.3, -0.25) is 4.79 Å². The highest BCUT2D eigenvalue weighted by Crippen LogP contribution is 2.30. The number of nitrogens with one attached hydrogen (secondary N) is 1. The first-order chi connectivity index (χ1) is 13.1. The summed E-state index contributed by atoms with van der Waals surface area (Å²) in [6.45, 7) is 4.62. The molecule has 6 nitrogen and oxygen atoms in total. The number of amides is 1. The van der Waals surface area contributed by atoms with E-state index in [2.05, 4.69) is 24.3 Å². The quantitative estimate of drug-likeness (QED) is 0.753. The number of nitrogens with zero attached hydrogens (tertiary/aromatic N) is 3. The van der Waals surface area contributed by atoms with Crippen molar-refractivity contribution in [2.75, 3.05) is 7.11 Å². The van der Waals surface area contributed by atoms with Gasteiger partial charge in [-0.2, -0.15) is 5.10 Å². The van der Waals surface area contributed by atoms with Crippen LogP contribution >= 0.6 is 0 Å². The molecule has 1 aliphatic carbocycles. The Morgan fingerprint density at radius 1 is 1.26 bits per heavy atom. The number of hydrogen-bond acceptors (Lipinski definition) is 4. The van der Waals surface area contributed by atoms with E-state index in [1.807, 2.05) is 28.9 Å². The molecular weight excluding hydrogens is 340 g/mol. The van der Waals surface area contributed by atoms with E-state index >= 15 is 0 Å². The number of aryl methyl sites for hydroxylation is 1. The van der Waals surface area contributed by atoms with Crippen molar-refractivity contribution in [3.8, 4) is 5.75 Å². The summed E-state index contributed by atoms with van der Waals surface area (Å²) >= 11 is 0. The molecule has 0 radical (unpaired) electrons. The van der Waals surface area contributed by atoms with Crippen molar-refractivity contribution < 1.29 is 9.53 Å². The molecule has 0 atom stereocenters. The maximum Gasteiger partial charge on any atom is 0.252 e. The average Bonchev–Trinajstić information content (AvgIpc) is 3.31. The number of methoxy groups -OCH3 is 1. The van der Waals surface area contributed by atoms with E-state index in [0.29, 0.717) is 6.54 Å².